The van der Waals surface area contributed by atoms with Crippen LogP contribution in [0.25, 0.3) is 0 Å². The van der Waals surface area contributed by atoms with Crippen molar-refractivity contribution >= 4 is 33.1 Å². The Morgan fingerprint density at radius 3 is 2.10 bits per heavy atom. The Hall–Kier alpha value is -2.27. The van der Waals surface area contributed by atoms with Crippen molar-refractivity contribution < 1.29 is 22.7 Å². The molecule has 0 spiro atoms. The smallest absolute Gasteiger partial charge is 0.244 e. The zero-order chi connectivity index (χ0) is 28.8. The lowest BCUT2D eigenvalue weighted by Gasteiger charge is -2.36. The number of anilines is 1. The van der Waals surface area contributed by atoms with E-state index in [1.54, 1.807) is 18.2 Å². The van der Waals surface area contributed by atoms with Crippen molar-refractivity contribution in [2.45, 2.75) is 38.4 Å². The summed E-state index contributed by atoms with van der Waals surface area (Å²) in [5.41, 5.74) is 1.48. The Kier molecular flexibility index (Phi) is 14.1. The van der Waals surface area contributed by atoms with E-state index in [0.29, 0.717) is 18.5 Å². The van der Waals surface area contributed by atoms with Crippen LogP contribution in [0.1, 0.15) is 37.6 Å². The summed E-state index contributed by atoms with van der Waals surface area (Å²) in [6.07, 6.45) is 0.667. The lowest BCUT2D eigenvalue weighted by Crippen LogP contribution is -2.47. The van der Waals surface area contributed by atoms with E-state index < -0.39 is 10.0 Å². The zero-order valence-electron chi connectivity index (χ0n) is 23.4. The second-order valence-electron chi connectivity index (χ2n) is 8.89. The van der Waals surface area contributed by atoms with Crippen molar-refractivity contribution in [3.8, 4) is 0 Å². The van der Waals surface area contributed by atoms with Crippen LogP contribution >= 0.6 is 11.6 Å². The summed E-state index contributed by atoms with van der Waals surface area (Å²) in [4.78, 5) is 17.1. The van der Waals surface area contributed by atoms with E-state index in [-0.39, 0.29) is 23.5 Å². The number of ether oxygens (including phenoxy) is 2. The first-order valence-corrected chi connectivity index (χ1v) is 15.2. The Balaban J connectivity index is 0.000000460. The number of benzene rings is 2. The minimum Gasteiger partial charge on any atom is -0.369 e. The lowest BCUT2D eigenvalue weighted by atomic mass is 10.1. The van der Waals surface area contributed by atoms with Crippen molar-refractivity contribution in [1.29, 1.82) is 0 Å². The molecule has 2 aromatic rings. The molecule has 0 N–H and O–H groups in total. The van der Waals surface area contributed by atoms with Crippen LogP contribution in [0, 0.1) is 0 Å². The van der Waals surface area contributed by atoms with Gasteiger partial charge in [-0.05, 0) is 70.1 Å². The molecule has 1 saturated heterocycles. The third kappa shape index (κ3) is 9.70. The van der Waals surface area contributed by atoms with E-state index in [0.717, 1.165) is 51.0 Å². The molecule has 8 nitrogen and oxygen atoms in total. The van der Waals surface area contributed by atoms with Gasteiger partial charge in [0, 0.05) is 62.2 Å². The van der Waals surface area contributed by atoms with Crippen LogP contribution in [-0.4, -0.2) is 88.7 Å². The number of nitrogens with zero attached hydrogens (tertiary/aromatic N) is 3. The molecule has 1 fully saturated rings. The Morgan fingerprint density at radius 1 is 0.923 bits per heavy atom. The van der Waals surface area contributed by atoms with Gasteiger partial charge in [-0.3, -0.25) is 9.69 Å². The number of Topliss-reactive ketones (excluding diaryl/α,β-unsaturated/α-hetero) is 1. The number of hydrogen-bond donors (Lipinski definition) is 0. The molecule has 0 unspecified atom stereocenters. The first kappa shape index (κ1) is 32.9. The normalized spacial score (nSPS) is 17.1. The molecule has 0 amide bonds. The highest BCUT2D eigenvalue weighted by atomic mass is 35.5. The minimum atomic E-state index is -3.59. The van der Waals surface area contributed by atoms with Crippen LogP contribution in [0.4, 0.5) is 5.69 Å². The van der Waals surface area contributed by atoms with Gasteiger partial charge in [0.2, 0.25) is 10.0 Å². The number of rotatable bonds is 9. The van der Waals surface area contributed by atoms with Gasteiger partial charge < -0.3 is 14.4 Å². The number of halogens is 1. The molecular formula is C29H42ClN3O5S. The fourth-order valence-electron chi connectivity index (χ4n) is 4.46. The molecule has 2 aromatic carbocycles. The number of carbonyl (C=O) groups is 1. The quantitative estimate of drug-likeness (QED) is 0.307. The van der Waals surface area contributed by atoms with E-state index in [4.69, 9.17) is 21.1 Å². The monoisotopic (exact) mass is 579 g/mol. The molecule has 39 heavy (non-hydrogen) atoms. The Bertz CT molecular complexity index is 1120. The predicted molar refractivity (Wildman–Crippen MR) is 158 cm³/mol. The SMILES string of the molecule is C=C.CCOC(C)OCC.O=C1CN(CCCN2CCN(c3ccc(Cl)cc3)CC2)S(=O)(=O)c2ccccc21. The van der Waals surface area contributed by atoms with Gasteiger partial charge in [0.05, 0.1) is 11.4 Å². The standard InChI is InChI=1S/C21H24ClN3O3S.C6H14O2.C2H4/c22-17-6-8-18(9-7-17)24-14-12-23(13-15-24)10-3-11-25-16-20(26)19-4-1-2-5-21(19)29(25,27)28;1-4-7-6(3)8-5-2;1-2/h1-2,4-9H,3,10-16H2;6H,4-5H2,1-3H3;1-2H2. The number of fused-ring (bicyclic) bond motifs is 1. The van der Waals surface area contributed by atoms with Crippen LogP contribution < -0.4 is 4.90 Å². The molecule has 0 radical (unpaired) electrons. The van der Waals surface area contributed by atoms with Crippen molar-refractivity contribution in [2.24, 2.45) is 0 Å². The second-order valence-corrected chi connectivity index (χ2v) is 11.2. The average molecular weight is 580 g/mol. The maximum absolute atomic E-state index is 12.8. The highest BCUT2D eigenvalue weighted by Crippen LogP contribution is 2.26. The van der Waals surface area contributed by atoms with Crippen LogP contribution in [0.2, 0.25) is 5.02 Å². The van der Waals surface area contributed by atoms with E-state index in [1.807, 2.05) is 45.0 Å². The van der Waals surface area contributed by atoms with Crippen molar-refractivity contribution in [3.05, 3.63) is 72.3 Å². The van der Waals surface area contributed by atoms with Gasteiger partial charge in [0.25, 0.3) is 0 Å². The topological polar surface area (TPSA) is 79.4 Å². The highest BCUT2D eigenvalue weighted by Gasteiger charge is 2.35. The molecule has 0 aliphatic carbocycles. The van der Waals surface area contributed by atoms with E-state index in [9.17, 15) is 13.2 Å². The summed E-state index contributed by atoms with van der Waals surface area (Å²) < 4.78 is 37.0. The number of hydrogen-bond acceptors (Lipinski definition) is 7. The number of sulfonamides is 1. The van der Waals surface area contributed by atoms with Gasteiger partial charge in [0.1, 0.15) is 0 Å². The second kappa shape index (κ2) is 16.7. The summed E-state index contributed by atoms with van der Waals surface area (Å²) in [5, 5.41) is 0.737. The molecule has 0 bridgehead atoms. The van der Waals surface area contributed by atoms with Crippen LogP contribution in [0.15, 0.2) is 66.6 Å². The molecule has 4 rings (SSSR count). The number of ketones is 1. The Labute approximate surface area is 239 Å². The zero-order valence-corrected chi connectivity index (χ0v) is 24.9. The summed E-state index contributed by atoms with van der Waals surface area (Å²) >= 11 is 5.96. The van der Waals surface area contributed by atoms with Crippen LogP contribution in [0.5, 0.6) is 0 Å². The first-order valence-electron chi connectivity index (χ1n) is 13.3. The number of piperazine rings is 1. The fraction of sp³-hybridized carbons (Fsp3) is 0.483. The summed E-state index contributed by atoms with van der Waals surface area (Å²) in [6.45, 7) is 18.1. The summed E-state index contributed by atoms with van der Waals surface area (Å²) in [7, 11) is -3.59. The average Bonchev–Trinajstić information content (AvgIpc) is 2.94. The molecule has 0 saturated carbocycles. The largest absolute Gasteiger partial charge is 0.369 e. The molecule has 2 heterocycles. The molecule has 0 aromatic heterocycles. The predicted octanol–water partition coefficient (Wildman–Crippen LogP) is 4.95. The highest BCUT2D eigenvalue weighted by molar-refractivity contribution is 7.89. The van der Waals surface area contributed by atoms with E-state index >= 15 is 0 Å². The van der Waals surface area contributed by atoms with Gasteiger partial charge in [-0.15, -0.1) is 13.2 Å². The van der Waals surface area contributed by atoms with Gasteiger partial charge >= 0.3 is 0 Å². The fourth-order valence-corrected chi connectivity index (χ4v) is 6.23. The van der Waals surface area contributed by atoms with E-state index in [1.165, 1.54) is 16.1 Å². The van der Waals surface area contributed by atoms with Crippen molar-refractivity contribution in [1.82, 2.24) is 9.21 Å². The van der Waals surface area contributed by atoms with Gasteiger partial charge in [0.15, 0.2) is 12.1 Å². The lowest BCUT2D eigenvalue weighted by molar-refractivity contribution is -0.123. The molecule has 2 aliphatic rings. The van der Waals surface area contributed by atoms with Crippen molar-refractivity contribution in [3.63, 3.8) is 0 Å². The Morgan fingerprint density at radius 2 is 1.51 bits per heavy atom. The van der Waals surface area contributed by atoms with Gasteiger partial charge in [-0.1, -0.05) is 23.7 Å². The minimum absolute atomic E-state index is 0.0370. The molecule has 2 aliphatic heterocycles. The van der Waals surface area contributed by atoms with Gasteiger partial charge in [-0.2, -0.15) is 4.31 Å². The molecule has 216 valence electrons. The van der Waals surface area contributed by atoms with E-state index in [2.05, 4.69) is 23.0 Å². The molecule has 10 heteroatoms. The summed E-state index contributed by atoms with van der Waals surface area (Å²) in [6, 6.07) is 14.3. The maximum Gasteiger partial charge on any atom is 0.244 e. The maximum atomic E-state index is 12.8. The van der Waals surface area contributed by atoms with Crippen LogP contribution in [-0.2, 0) is 19.5 Å². The number of carbonyl (C=O) groups excluding carboxylic acids is 1. The van der Waals surface area contributed by atoms with Gasteiger partial charge in [-0.25, -0.2) is 8.42 Å². The third-order valence-corrected chi connectivity index (χ3v) is 8.53. The summed E-state index contributed by atoms with van der Waals surface area (Å²) in [5.74, 6) is -0.132. The molecular weight excluding hydrogens is 538 g/mol. The van der Waals surface area contributed by atoms with Crippen LogP contribution in [0.3, 0.4) is 0 Å². The first-order chi connectivity index (χ1) is 18.8. The molecule has 0 atom stereocenters. The third-order valence-electron chi connectivity index (χ3n) is 6.37. The van der Waals surface area contributed by atoms with Crippen molar-refractivity contribution in [2.75, 3.05) is 63.9 Å².